The summed E-state index contributed by atoms with van der Waals surface area (Å²) in [5.74, 6) is 0.126. The Kier molecular flexibility index (Phi) is 3.24. The first-order valence-corrected chi connectivity index (χ1v) is 4.37. The number of rotatable bonds is 2. The molecule has 0 aliphatic carbocycles. The van der Waals surface area contributed by atoms with Crippen molar-refractivity contribution < 1.29 is 4.79 Å². The maximum atomic E-state index is 10.5. The fraction of sp³-hybridized carbons (Fsp3) is 0.778. The van der Waals surface area contributed by atoms with E-state index in [0.717, 1.165) is 32.2 Å². The number of nitrogens with zero attached hydrogens (tertiary/aromatic N) is 2. The summed E-state index contributed by atoms with van der Waals surface area (Å²) in [5, 5.41) is 8.70. The summed E-state index contributed by atoms with van der Waals surface area (Å²) >= 11 is 0. The molecule has 1 fully saturated rings. The number of hydrogen-bond donors (Lipinski definition) is 0. The summed E-state index contributed by atoms with van der Waals surface area (Å²) in [7, 11) is 0. The quantitative estimate of drug-likeness (QED) is 0.570. The lowest BCUT2D eigenvalue weighted by Gasteiger charge is -2.31. The third-order valence-corrected chi connectivity index (χ3v) is 2.41. The van der Waals surface area contributed by atoms with Crippen molar-refractivity contribution in [1.82, 2.24) is 4.90 Å². The molecule has 0 aromatic carbocycles. The molecule has 3 nitrogen and oxygen atoms in total. The molecule has 0 aromatic rings. The fourth-order valence-corrected chi connectivity index (χ4v) is 1.57. The van der Waals surface area contributed by atoms with Crippen LogP contribution in [0.25, 0.3) is 0 Å². The lowest BCUT2D eigenvalue weighted by Crippen LogP contribution is -2.41. The summed E-state index contributed by atoms with van der Waals surface area (Å²) in [6.45, 7) is 3.60. The van der Waals surface area contributed by atoms with E-state index in [1.54, 1.807) is 0 Å². The van der Waals surface area contributed by atoms with E-state index in [2.05, 4.69) is 11.0 Å². The highest BCUT2D eigenvalue weighted by atomic mass is 16.1. The first kappa shape index (κ1) is 9.21. The van der Waals surface area contributed by atoms with Crippen LogP contribution in [0.4, 0.5) is 0 Å². The van der Waals surface area contributed by atoms with Crippen molar-refractivity contribution in [2.45, 2.75) is 25.8 Å². The molecule has 1 rings (SSSR count). The largest absolute Gasteiger partial charge is 0.302 e. The van der Waals surface area contributed by atoms with Gasteiger partial charge in [0.15, 0.2) is 0 Å². The average Bonchev–Trinajstić information content (AvgIpc) is 2.17. The first-order chi connectivity index (χ1) is 5.77. The molecule has 0 radical (unpaired) electrons. The predicted molar refractivity (Wildman–Crippen MR) is 45.4 cm³/mol. The summed E-state index contributed by atoms with van der Waals surface area (Å²) < 4.78 is 0. The van der Waals surface area contributed by atoms with Gasteiger partial charge in [-0.15, -0.1) is 0 Å². The standard InChI is InChI=1S/C9H14N2O/c1-8(7-12)11-4-2-3-9(5-10)6-11/h7-9H,2-4,6H2,1H3. The van der Waals surface area contributed by atoms with Crippen LogP contribution in [0.15, 0.2) is 0 Å². The topological polar surface area (TPSA) is 44.1 Å². The van der Waals surface area contributed by atoms with Gasteiger partial charge in [0.05, 0.1) is 18.0 Å². The van der Waals surface area contributed by atoms with Crippen molar-refractivity contribution in [3.8, 4) is 6.07 Å². The molecule has 0 bridgehead atoms. The predicted octanol–water partition coefficient (Wildman–Crippen LogP) is 0.809. The van der Waals surface area contributed by atoms with Gasteiger partial charge in [0.25, 0.3) is 0 Å². The molecule has 0 N–H and O–H groups in total. The summed E-state index contributed by atoms with van der Waals surface area (Å²) in [6, 6.07) is 2.23. The number of carbonyl (C=O) groups excluding carboxylic acids is 1. The van der Waals surface area contributed by atoms with E-state index in [1.165, 1.54) is 0 Å². The van der Waals surface area contributed by atoms with Gasteiger partial charge in [-0.1, -0.05) is 0 Å². The van der Waals surface area contributed by atoms with Crippen LogP contribution in [0.1, 0.15) is 19.8 Å². The summed E-state index contributed by atoms with van der Waals surface area (Å²) in [6.07, 6.45) is 2.97. The van der Waals surface area contributed by atoms with Gasteiger partial charge in [0.2, 0.25) is 0 Å². The molecule has 12 heavy (non-hydrogen) atoms. The number of likely N-dealkylation sites (tertiary alicyclic amines) is 1. The third-order valence-electron chi connectivity index (χ3n) is 2.41. The van der Waals surface area contributed by atoms with Gasteiger partial charge in [0.1, 0.15) is 6.29 Å². The fourth-order valence-electron chi connectivity index (χ4n) is 1.57. The lowest BCUT2D eigenvalue weighted by molar-refractivity contribution is -0.112. The molecular weight excluding hydrogens is 152 g/mol. The molecule has 1 saturated heterocycles. The van der Waals surface area contributed by atoms with Crippen molar-refractivity contribution in [3.63, 3.8) is 0 Å². The van der Waals surface area contributed by atoms with Crippen LogP contribution in [0, 0.1) is 17.2 Å². The van der Waals surface area contributed by atoms with E-state index < -0.39 is 0 Å². The van der Waals surface area contributed by atoms with Gasteiger partial charge in [-0.25, -0.2) is 0 Å². The van der Waals surface area contributed by atoms with Gasteiger partial charge in [-0.3, -0.25) is 4.90 Å². The van der Waals surface area contributed by atoms with Crippen LogP contribution in [-0.4, -0.2) is 30.3 Å². The van der Waals surface area contributed by atoms with Crippen LogP contribution < -0.4 is 0 Å². The van der Waals surface area contributed by atoms with Gasteiger partial charge in [-0.05, 0) is 26.3 Å². The van der Waals surface area contributed by atoms with E-state index >= 15 is 0 Å². The molecule has 0 saturated carbocycles. The van der Waals surface area contributed by atoms with E-state index in [4.69, 9.17) is 5.26 Å². The molecule has 0 amide bonds. The molecule has 0 spiro atoms. The molecule has 0 aromatic heterocycles. The molecular formula is C9H14N2O. The van der Waals surface area contributed by atoms with Crippen molar-refractivity contribution in [1.29, 1.82) is 5.26 Å². The molecule has 2 atom stereocenters. The number of nitriles is 1. The Hall–Kier alpha value is -0.880. The molecule has 1 aliphatic heterocycles. The Morgan fingerprint density at radius 3 is 3.08 bits per heavy atom. The Labute approximate surface area is 73.0 Å². The number of piperidine rings is 1. The van der Waals surface area contributed by atoms with Crippen molar-refractivity contribution in [2.24, 2.45) is 5.92 Å². The van der Waals surface area contributed by atoms with E-state index in [0.29, 0.717) is 0 Å². The van der Waals surface area contributed by atoms with Crippen LogP contribution in [0.5, 0.6) is 0 Å². The number of hydrogen-bond acceptors (Lipinski definition) is 3. The molecule has 2 unspecified atom stereocenters. The van der Waals surface area contributed by atoms with Gasteiger partial charge < -0.3 is 4.79 Å². The van der Waals surface area contributed by atoms with E-state index in [9.17, 15) is 4.79 Å². The second kappa shape index (κ2) is 4.22. The van der Waals surface area contributed by atoms with E-state index in [-0.39, 0.29) is 12.0 Å². The highest BCUT2D eigenvalue weighted by Crippen LogP contribution is 2.16. The van der Waals surface area contributed by atoms with Crippen molar-refractivity contribution in [3.05, 3.63) is 0 Å². The van der Waals surface area contributed by atoms with Crippen molar-refractivity contribution >= 4 is 6.29 Å². The Bertz CT molecular complexity index is 197. The first-order valence-electron chi connectivity index (χ1n) is 4.37. The summed E-state index contributed by atoms with van der Waals surface area (Å²) in [4.78, 5) is 12.5. The van der Waals surface area contributed by atoms with Crippen molar-refractivity contribution in [2.75, 3.05) is 13.1 Å². The minimum absolute atomic E-state index is 0.0267. The van der Waals surface area contributed by atoms with Gasteiger partial charge >= 0.3 is 0 Å². The van der Waals surface area contributed by atoms with Crippen LogP contribution in [-0.2, 0) is 4.79 Å². The van der Waals surface area contributed by atoms with E-state index in [1.807, 2.05) is 6.92 Å². The Morgan fingerprint density at radius 2 is 2.50 bits per heavy atom. The minimum atomic E-state index is -0.0267. The van der Waals surface area contributed by atoms with Crippen LogP contribution in [0.2, 0.25) is 0 Å². The Balaban J connectivity index is 2.46. The van der Waals surface area contributed by atoms with Gasteiger partial charge in [0, 0.05) is 6.54 Å². The highest BCUT2D eigenvalue weighted by Gasteiger charge is 2.22. The minimum Gasteiger partial charge on any atom is -0.302 e. The maximum absolute atomic E-state index is 10.5. The highest BCUT2D eigenvalue weighted by molar-refractivity contribution is 5.56. The monoisotopic (exact) mass is 166 g/mol. The molecule has 3 heteroatoms. The maximum Gasteiger partial charge on any atom is 0.136 e. The second-order valence-electron chi connectivity index (χ2n) is 3.34. The number of carbonyl (C=O) groups is 1. The van der Waals surface area contributed by atoms with Gasteiger partial charge in [-0.2, -0.15) is 5.26 Å². The average molecular weight is 166 g/mol. The second-order valence-corrected chi connectivity index (χ2v) is 3.34. The third kappa shape index (κ3) is 2.05. The Morgan fingerprint density at radius 1 is 1.75 bits per heavy atom. The smallest absolute Gasteiger partial charge is 0.136 e. The molecule has 1 aliphatic rings. The zero-order chi connectivity index (χ0) is 8.97. The molecule has 1 heterocycles. The normalized spacial score (nSPS) is 27.5. The number of aldehydes is 1. The lowest BCUT2D eigenvalue weighted by atomic mass is 9.99. The van der Waals surface area contributed by atoms with Crippen LogP contribution >= 0.6 is 0 Å². The zero-order valence-electron chi connectivity index (χ0n) is 7.36. The van der Waals surface area contributed by atoms with Crippen LogP contribution in [0.3, 0.4) is 0 Å². The SMILES string of the molecule is CC(C=O)N1CCCC(C#N)C1. The zero-order valence-corrected chi connectivity index (χ0v) is 7.36. The molecule has 66 valence electrons. The summed E-state index contributed by atoms with van der Waals surface area (Å²) in [5.41, 5.74) is 0.